The predicted molar refractivity (Wildman–Crippen MR) is 87.2 cm³/mol. The van der Waals surface area contributed by atoms with E-state index in [0.29, 0.717) is 24.9 Å². The van der Waals surface area contributed by atoms with Crippen molar-refractivity contribution in [3.05, 3.63) is 78.0 Å². The maximum atomic E-state index is 10.5. The minimum atomic E-state index is -0.763. The van der Waals surface area contributed by atoms with Crippen LogP contribution in [-0.4, -0.2) is 26.2 Å². The first kappa shape index (κ1) is 15.2. The van der Waals surface area contributed by atoms with Gasteiger partial charge in [0.2, 0.25) is 5.88 Å². The Morgan fingerprint density at radius 2 is 1.96 bits per heavy atom. The number of nitrogens with zero attached hydrogens (tertiary/aromatic N) is 3. The van der Waals surface area contributed by atoms with E-state index in [9.17, 15) is 5.11 Å². The molecule has 2 aromatic heterocycles. The lowest BCUT2D eigenvalue weighted by Gasteiger charge is -2.14. The Labute approximate surface area is 135 Å². The number of rotatable bonds is 6. The van der Waals surface area contributed by atoms with E-state index in [4.69, 9.17) is 4.74 Å². The van der Waals surface area contributed by atoms with Crippen LogP contribution in [0.1, 0.15) is 30.1 Å². The third kappa shape index (κ3) is 3.57. The Balaban J connectivity index is 1.83. The molecule has 5 heteroatoms. The second kappa shape index (κ2) is 7.07. The molecule has 0 spiro atoms. The molecule has 0 aliphatic heterocycles. The molecular formula is C18H19N3O2. The standard InChI is InChI=1S/C18H19N3O2/c1-2-23-16-10-6-9-15(20-16)13-21-12-11-19-18(21)17(22)14-7-4-3-5-8-14/h3-12,17,22H,2,13H2,1H3. The molecule has 0 bridgehead atoms. The normalized spacial score (nSPS) is 12.1. The maximum Gasteiger partial charge on any atom is 0.213 e. The summed E-state index contributed by atoms with van der Waals surface area (Å²) >= 11 is 0. The summed E-state index contributed by atoms with van der Waals surface area (Å²) in [7, 11) is 0. The van der Waals surface area contributed by atoms with Crippen LogP contribution in [0.4, 0.5) is 0 Å². The van der Waals surface area contributed by atoms with Gasteiger partial charge in [0.1, 0.15) is 11.9 Å². The third-order valence-electron chi connectivity index (χ3n) is 3.51. The molecule has 1 N–H and O–H groups in total. The summed E-state index contributed by atoms with van der Waals surface area (Å²) in [5, 5.41) is 10.5. The summed E-state index contributed by atoms with van der Waals surface area (Å²) in [6.45, 7) is 3.04. The number of benzene rings is 1. The third-order valence-corrected chi connectivity index (χ3v) is 3.51. The molecule has 3 rings (SSSR count). The van der Waals surface area contributed by atoms with E-state index >= 15 is 0 Å². The van der Waals surface area contributed by atoms with Crippen LogP contribution in [0.15, 0.2) is 60.9 Å². The Bertz CT molecular complexity index is 756. The zero-order chi connectivity index (χ0) is 16.1. The van der Waals surface area contributed by atoms with E-state index in [2.05, 4.69) is 9.97 Å². The zero-order valence-corrected chi connectivity index (χ0v) is 13.0. The Morgan fingerprint density at radius 3 is 2.74 bits per heavy atom. The molecule has 1 atom stereocenters. The van der Waals surface area contributed by atoms with Crippen molar-refractivity contribution in [1.82, 2.24) is 14.5 Å². The van der Waals surface area contributed by atoms with Crippen LogP contribution in [0.2, 0.25) is 0 Å². The predicted octanol–water partition coefficient (Wildman–Crippen LogP) is 2.81. The number of hydrogen-bond acceptors (Lipinski definition) is 4. The van der Waals surface area contributed by atoms with E-state index in [1.165, 1.54) is 0 Å². The van der Waals surface area contributed by atoms with Gasteiger partial charge in [0.25, 0.3) is 0 Å². The molecule has 5 nitrogen and oxygen atoms in total. The summed E-state index contributed by atoms with van der Waals surface area (Å²) in [6, 6.07) is 15.2. The highest BCUT2D eigenvalue weighted by atomic mass is 16.5. The number of aromatic nitrogens is 3. The molecule has 0 radical (unpaired) electrons. The molecule has 0 saturated heterocycles. The SMILES string of the molecule is CCOc1cccc(Cn2ccnc2C(O)c2ccccc2)n1. The van der Waals surface area contributed by atoms with Crippen molar-refractivity contribution in [2.45, 2.75) is 19.6 Å². The van der Waals surface area contributed by atoms with Gasteiger partial charge in [-0.3, -0.25) is 0 Å². The molecule has 1 unspecified atom stereocenters. The van der Waals surface area contributed by atoms with Crippen LogP contribution in [0, 0.1) is 0 Å². The average molecular weight is 309 g/mol. The van der Waals surface area contributed by atoms with Crippen LogP contribution in [-0.2, 0) is 6.54 Å². The molecule has 23 heavy (non-hydrogen) atoms. The van der Waals surface area contributed by atoms with Crippen molar-refractivity contribution < 1.29 is 9.84 Å². The van der Waals surface area contributed by atoms with Crippen molar-refractivity contribution in [2.24, 2.45) is 0 Å². The van der Waals surface area contributed by atoms with Crippen LogP contribution < -0.4 is 4.74 Å². The van der Waals surface area contributed by atoms with E-state index in [1.807, 2.05) is 66.2 Å². The Hall–Kier alpha value is -2.66. The van der Waals surface area contributed by atoms with Gasteiger partial charge in [0, 0.05) is 18.5 Å². The van der Waals surface area contributed by atoms with E-state index in [0.717, 1.165) is 11.3 Å². The summed E-state index contributed by atoms with van der Waals surface area (Å²) in [5.74, 6) is 1.20. The van der Waals surface area contributed by atoms with Crippen molar-refractivity contribution >= 4 is 0 Å². The monoisotopic (exact) mass is 309 g/mol. The number of aliphatic hydroxyl groups excluding tert-OH is 1. The lowest BCUT2D eigenvalue weighted by molar-refractivity contribution is 0.205. The van der Waals surface area contributed by atoms with Crippen molar-refractivity contribution in [3.63, 3.8) is 0 Å². The Kier molecular flexibility index (Phi) is 4.68. The van der Waals surface area contributed by atoms with Crippen LogP contribution >= 0.6 is 0 Å². The molecule has 0 fully saturated rings. The van der Waals surface area contributed by atoms with Gasteiger partial charge in [0.15, 0.2) is 0 Å². The molecule has 1 aromatic carbocycles. The second-order valence-corrected chi connectivity index (χ2v) is 5.13. The Morgan fingerprint density at radius 1 is 1.13 bits per heavy atom. The molecule has 0 aliphatic rings. The fraction of sp³-hybridized carbons (Fsp3) is 0.222. The van der Waals surface area contributed by atoms with Crippen molar-refractivity contribution in [2.75, 3.05) is 6.61 Å². The topological polar surface area (TPSA) is 60.2 Å². The molecule has 3 aromatic rings. The number of hydrogen-bond donors (Lipinski definition) is 1. The second-order valence-electron chi connectivity index (χ2n) is 5.13. The maximum absolute atomic E-state index is 10.5. The summed E-state index contributed by atoms with van der Waals surface area (Å²) in [5.41, 5.74) is 1.67. The molecular weight excluding hydrogens is 290 g/mol. The molecule has 118 valence electrons. The van der Waals surface area contributed by atoms with Gasteiger partial charge >= 0.3 is 0 Å². The fourth-order valence-corrected chi connectivity index (χ4v) is 2.43. The molecule has 0 amide bonds. The first-order valence-electron chi connectivity index (χ1n) is 7.60. The summed E-state index contributed by atoms with van der Waals surface area (Å²) in [6.07, 6.45) is 2.77. The van der Waals surface area contributed by atoms with Crippen LogP contribution in [0.3, 0.4) is 0 Å². The van der Waals surface area contributed by atoms with Gasteiger partial charge in [0.05, 0.1) is 18.8 Å². The van der Waals surface area contributed by atoms with Gasteiger partial charge in [-0.05, 0) is 18.6 Å². The first-order valence-corrected chi connectivity index (χ1v) is 7.60. The smallest absolute Gasteiger partial charge is 0.213 e. The number of ether oxygens (including phenoxy) is 1. The van der Waals surface area contributed by atoms with E-state index < -0.39 is 6.10 Å². The van der Waals surface area contributed by atoms with E-state index in [-0.39, 0.29) is 0 Å². The summed E-state index contributed by atoms with van der Waals surface area (Å²) < 4.78 is 7.33. The van der Waals surface area contributed by atoms with Crippen LogP contribution in [0.5, 0.6) is 5.88 Å². The highest BCUT2D eigenvalue weighted by molar-refractivity contribution is 5.24. The highest BCUT2D eigenvalue weighted by Gasteiger charge is 2.16. The largest absolute Gasteiger partial charge is 0.478 e. The van der Waals surface area contributed by atoms with Gasteiger partial charge in [-0.15, -0.1) is 0 Å². The lowest BCUT2D eigenvalue weighted by atomic mass is 10.1. The van der Waals surface area contributed by atoms with Gasteiger partial charge in [-0.1, -0.05) is 36.4 Å². The van der Waals surface area contributed by atoms with Gasteiger partial charge in [-0.2, -0.15) is 0 Å². The number of imidazole rings is 1. The number of pyridine rings is 1. The van der Waals surface area contributed by atoms with Crippen LogP contribution in [0.25, 0.3) is 0 Å². The quantitative estimate of drug-likeness (QED) is 0.760. The lowest BCUT2D eigenvalue weighted by Crippen LogP contribution is -2.11. The van der Waals surface area contributed by atoms with Crippen molar-refractivity contribution in [1.29, 1.82) is 0 Å². The first-order chi connectivity index (χ1) is 11.3. The minimum absolute atomic E-state index is 0.528. The highest BCUT2D eigenvalue weighted by Crippen LogP contribution is 2.21. The van der Waals surface area contributed by atoms with Gasteiger partial charge in [-0.25, -0.2) is 9.97 Å². The number of aliphatic hydroxyl groups is 1. The van der Waals surface area contributed by atoms with E-state index in [1.54, 1.807) is 6.20 Å². The van der Waals surface area contributed by atoms with Gasteiger partial charge < -0.3 is 14.4 Å². The minimum Gasteiger partial charge on any atom is -0.478 e. The fourth-order valence-electron chi connectivity index (χ4n) is 2.43. The molecule has 0 aliphatic carbocycles. The summed E-state index contributed by atoms with van der Waals surface area (Å²) in [4.78, 5) is 8.76. The molecule has 0 saturated carbocycles. The average Bonchev–Trinajstić information content (AvgIpc) is 3.04. The van der Waals surface area contributed by atoms with Crippen molar-refractivity contribution in [3.8, 4) is 5.88 Å². The molecule has 2 heterocycles. The zero-order valence-electron chi connectivity index (χ0n) is 13.0.